The fourth-order valence-electron chi connectivity index (χ4n) is 2.08. The maximum atomic E-state index is 10.7. The third kappa shape index (κ3) is 2.94. The van der Waals surface area contributed by atoms with Crippen LogP contribution < -0.4 is 10.6 Å². The zero-order chi connectivity index (χ0) is 12.3. The van der Waals surface area contributed by atoms with Crippen LogP contribution in [-0.4, -0.2) is 24.1 Å². The van der Waals surface area contributed by atoms with Gasteiger partial charge in [-0.3, -0.25) is 10.1 Å². The Bertz CT molecular complexity index is 414. The predicted octanol–water partition coefficient (Wildman–Crippen LogP) is 2.07. The number of anilines is 1. The monoisotopic (exact) mass is 235 g/mol. The number of nitrogens with one attached hydrogen (secondary N) is 2. The molecule has 92 valence electrons. The van der Waals surface area contributed by atoms with Crippen molar-refractivity contribution in [2.75, 3.05) is 18.4 Å². The molecule has 1 aliphatic heterocycles. The fraction of sp³-hybridized carbons (Fsp3) is 0.500. The molecule has 17 heavy (non-hydrogen) atoms. The van der Waals surface area contributed by atoms with E-state index in [4.69, 9.17) is 0 Å². The number of nitro benzene ring substituents is 1. The molecule has 1 aromatic carbocycles. The highest BCUT2D eigenvalue weighted by atomic mass is 16.6. The van der Waals surface area contributed by atoms with Gasteiger partial charge in [-0.15, -0.1) is 0 Å². The Morgan fingerprint density at radius 2 is 2.41 bits per heavy atom. The first-order valence-corrected chi connectivity index (χ1v) is 5.89. The van der Waals surface area contributed by atoms with Gasteiger partial charge in [0.05, 0.1) is 4.92 Å². The van der Waals surface area contributed by atoms with E-state index in [1.807, 2.05) is 6.92 Å². The Balaban J connectivity index is 2.03. The first-order valence-electron chi connectivity index (χ1n) is 5.89. The number of aryl methyl sites for hydroxylation is 1. The van der Waals surface area contributed by atoms with Crippen LogP contribution in [0.2, 0.25) is 0 Å². The molecule has 5 heteroatoms. The van der Waals surface area contributed by atoms with Crippen LogP contribution in [0.5, 0.6) is 0 Å². The van der Waals surface area contributed by atoms with Crippen LogP contribution in [0.1, 0.15) is 18.4 Å². The molecule has 0 saturated carbocycles. The van der Waals surface area contributed by atoms with Gasteiger partial charge < -0.3 is 10.6 Å². The van der Waals surface area contributed by atoms with Crippen molar-refractivity contribution in [3.8, 4) is 0 Å². The second-order valence-electron chi connectivity index (χ2n) is 4.43. The molecule has 2 N–H and O–H groups in total. The van der Waals surface area contributed by atoms with Crippen LogP contribution in [0.25, 0.3) is 0 Å². The lowest BCUT2D eigenvalue weighted by Gasteiger charge is -2.14. The summed E-state index contributed by atoms with van der Waals surface area (Å²) in [5.41, 5.74) is 2.03. The molecule has 1 fully saturated rings. The van der Waals surface area contributed by atoms with E-state index >= 15 is 0 Å². The van der Waals surface area contributed by atoms with Crippen molar-refractivity contribution >= 4 is 11.4 Å². The Morgan fingerprint density at radius 3 is 3.06 bits per heavy atom. The van der Waals surface area contributed by atoms with Gasteiger partial charge in [0.2, 0.25) is 0 Å². The zero-order valence-corrected chi connectivity index (χ0v) is 9.90. The molecular formula is C12H17N3O2. The van der Waals surface area contributed by atoms with Gasteiger partial charge in [0.15, 0.2) is 0 Å². The molecule has 1 aliphatic rings. The number of nitrogens with zero attached hydrogens (tertiary/aromatic N) is 1. The van der Waals surface area contributed by atoms with E-state index in [-0.39, 0.29) is 10.6 Å². The van der Waals surface area contributed by atoms with Gasteiger partial charge in [0.25, 0.3) is 5.69 Å². The molecule has 1 atom stereocenters. The third-order valence-electron chi connectivity index (χ3n) is 3.13. The Labute approximate surface area is 100 Å². The van der Waals surface area contributed by atoms with Gasteiger partial charge in [-0.2, -0.15) is 0 Å². The minimum atomic E-state index is -0.363. The minimum absolute atomic E-state index is 0.137. The largest absolute Gasteiger partial charge is 0.383 e. The summed E-state index contributed by atoms with van der Waals surface area (Å²) >= 11 is 0. The van der Waals surface area contributed by atoms with Crippen molar-refractivity contribution in [1.82, 2.24) is 5.32 Å². The SMILES string of the molecule is Cc1ccc([N+](=O)[O-])cc1NCC1CCCN1. The number of hydrogen-bond donors (Lipinski definition) is 2. The molecule has 1 saturated heterocycles. The van der Waals surface area contributed by atoms with Crippen LogP contribution >= 0.6 is 0 Å². The molecule has 0 aliphatic carbocycles. The predicted molar refractivity (Wildman–Crippen MR) is 67.3 cm³/mol. The highest BCUT2D eigenvalue weighted by Gasteiger charge is 2.14. The molecule has 1 unspecified atom stereocenters. The summed E-state index contributed by atoms with van der Waals surface area (Å²) in [5.74, 6) is 0. The van der Waals surface area contributed by atoms with Crippen molar-refractivity contribution < 1.29 is 4.92 Å². The van der Waals surface area contributed by atoms with Crippen molar-refractivity contribution in [1.29, 1.82) is 0 Å². The summed E-state index contributed by atoms with van der Waals surface area (Å²) in [5, 5.41) is 17.4. The lowest BCUT2D eigenvalue weighted by Crippen LogP contribution is -2.29. The van der Waals surface area contributed by atoms with E-state index in [1.54, 1.807) is 12.1 Å². The minimum Gasteiger partial charge on any atom is -0.383 e. The standard InChI is InChI=1S/C12H17N3O2/c1-9-4-5-11(15(16)17)7-12(9)14-8-10-3-2-6-13-10/h4-5,7,10,13-14H,2-3,6,8H2,1H3. The van der Waals surface area contributed by atoms with Crippen LogP contribution in [0.4, 0.5) is 11.4 Å². The molecule has 0 spiro atoms. The molecule has 0 amide bonds. The molecule has 0 aromatic heterocycles. The number of rotatable bonds is 4. The van der Waals surface area contributed by atoms with E-state index < -0.39 is 0 Å². The fourth-order valence-corrected chi connectivity index (χ4v) is 2.08. The van der Waals surface area contributed by atoms with E-state index in [0.717, 1.165) is 24.3 Å². The molecule has 5 nitrogen and oxygen atoms in total. The zero-order valence-electron chi connectivity index (χ0n) is 9.90. The lowest BCUT2D eigenvalue weighted by atomic mass is 10.1. The number of nitro groups is 1. The number of hydrogen-bond acceptors (Lipinski definition) is 4. The summed E-state index contributed by atoms with van der Waals surface area (Å²) in [6.07, 6.45) is 2.38. The average molecular weight is 235 g/mol. The maximum absolute atomic E-state index is 10.7. The van der Waals surface area contributed by atoms with E-state index in [1.165, 1.54) is 18.9 Å². The van der Waals surface area contributed by atoms with Crippen molar-refractivity contribution in [2.24, 2.45) is 0 Å². The van der Waals surface area contributed by atoms with Crippen molar-refractivity contribution in [3.05, 3.63) is 33.9 Å². The van der Waals surface area contributed by atoms with E-state index in [2.05, 4.69) is 10.6 Å². The van der Waals surface area contributed by atoms with Crippen LogP contribution in [0.3, 0.4) is 0 Å². The summed E-state index contributed by atoms with van der Waals surface area (Å²) in [6, 6.07) is 5.40. The van der Waals surface area contributed by atoms with Gasteiger partial charge in [-0.05, 0) is 31.9 Å². The van der Waals surface area contributed by atoms with Gasteiger partial charge in [-0.1, -0.05) is 6.07 Å². The molecule has 1 heterocycles. The molecule has 0 radical (unpaired) electrons. The van der Waals surface area contributed by atoms with Gasteiger partial charge >= 0.3 is 0 Å². The molecule has 2 rings (SSSR count). The summed E-state index contributed by atoms with van der Waals surface area (Å²) in [7, 11) is 0. The molecule has 1 aromatic rings. The highest BCUT2D eigenvalue weighted by Crippen LogP contribution is 2.22. The first-order chi connectivity index (χ1) is 8.16. The van der Waals surface area contributed by atoms with Gasteiger partial charge in [0.1, 0.15) is 0 Å². The second kappa shape index (κ2) is 5.14. The Morgan fingerprint density at radius 1 is 1.59 bits per heavy atom. The topological polar surface area (TPSA) is 67.2 Å². The van der Waals surface area contributed by atoms with Gasteiger partial charge in [0, 0.05) is 30.4 Å². The third-order valence-corrected chi connectivity index (χ3v) is 3.13. The number of non-ortho nitro benzene ring substituents is 1. The summed E-state index contributed by atoms with van der Waals surface area (Å²) < 4.78 is 0. The van der Waals surface area contributed by atoms with E-state index in [9.17, 15) is 10.1 Å². The van der Waals surface area contributed by atoms with Crippen LogP contribution in [0.15, 0.2) is 18.2 Å². The van der Waals surface area contributed by atoms with Crippen LogP contribution in [-0.2, 0) is 0 Å². The molecular weight excluding hydrogens is 218 g/mol. The van der Waals surface area contributed by atoms with E-state index in [0.29, 0.717) is 6.04 Å². The number of benzene rings is 1. The normalized spacial score (nSPS) is 19.2. The highest BCUT2D eigenvalue weighted by molar-refractivity contribution is 5.56. The Kier molecular flexibility index (Phi) is 3.58. The summed E-state index contributed by atoms with van der Waals surface area (Å²) in [4.78, 5) is 10.3. The molecule has 0 bridgehead atoms. The summed E-state index contributed by atoms with van der Waals surface area (Å²) in [6.45, 7) is 3.84. The second-order valence-corrected chi connectivity index (χ2v) is 4.43. The smallest absolute Gasteiger partial charge is 0.271 e. The van der Waals surface area contributed by atoms with Crippen LogP contribution in [0, 0.1) is 17.0 Å². The first kappa shape index (κ1) is 11.9. The average Bonchev–Trinajstić information content (AvgIpc) is 2.80. The lowest BCUT2D eigenvalue weighted by molar-refractivity contribution is -0.384. The Hall–Kier alpha value is -1.62. The van der Waals surface area contributed by atoms with Crippen molar-refractivity contribution in [3.63, 3.8) is 0 Å². The van der Waals surface area contributed by atoms with Gasteiger partial charge in [-0.25, -0.2) is 0 Å². The maximum Gasteiger partial charge on any atom is 0.271 e. The quantitative estimate of drug-likeness (QED) is 0.619. The van der Waals surface area contributed by atoms with Crippen molar-refractivity contribution in [2.45, 2.75) is 25.8 Å².